The summed E-state index contributed by atoms with van der Waals surface area (Å²) in [5.74, 6) is 3.84. The number of thiophene rings is 1. The molecule has 332 valence electrons. The van der Waals surface area contributed by atoms with E-state index in [2.05, 4.69) is 58.3 Å². The Morgan fingerprint density at radius 2 is 1.28 bits per heavy atom. The number of para-hydroxylation sites is 1. The van der Waals surface area contributed by atoms with Crippen LogP contribution in [0.1, 0.15) is 109 Å². The van der Waals surface area contributed by atoms with Gasteiger partial charge in [-0.25, -0.2) is 0 Å². The number of nitrogens with zero attached hydrogens (tertiary/aromatic N) is 2. The lowest BCUT2D eigenvalue weighted by Crippen LogP contribution is -2.47. The van der Waals surface area contributed by atoms with E-state index >= 15 is 0 Å². The largest absolute Gasteiger partial charge is 0.452 e. The summed E-state index contributed by atoms with van der Waals surface area (Å²) in [6.07, 6.45) is 10.1. The van der Waals surface area contributed by atoms with E-state index in [0.717, 1.165) is 69.8 Å². The Balaban J connectivity index is 0.000000162. The van der Waals surface area contributed by atoms with Crippen LogP contribution < -0.4 is 0 Å². The quantitative estimate of drug-likeness (QED) is 0.0895. The Bertz CT molecular complexity index is 2640. The van der Waals surface area contributed by atoms with Gasteiger partial charge in [-0.2, -0.15) is 0 Å². The van der Waals surface area contributed by atoms with Crippen LogP contribution in [-0.4, -0.2) is 72.2 Å². The van der Waals surface area contributed by atoms with Gasteiger partial charge in [-0.1, -0.05) is 98.8 Å². The minimum absolute atomic E-state index is 0.116. The van der Waals surface area contributed by atoms with E-state index in [1.54, 1.807) is 11.3 Å². The summed E-state index contributed by atoms with van der Waals surface area (Å²) >= 11 is 1.64. The summed E-state index contributed by atoms with van der Waals surface area (Å²) in [6, 6.07) is 32.9. The van der Waals surface area contributed by atoms with Gasteiger partial charge in [0.1, 0.15) is 17.1 Å². The maximum Gasteiger partial charge on any atom is 0.198 e. The number of piperidine rings is 6. The van der Waals surface area contributed by atoms with Gasteiger partial charge in [0.25, 0.3) is 0 Å². The highest BCUT2D eigenvalue weighted by atomic mass is 32.1. The first-order valence-corrected chi connectivity index (χ1v) is 24.8. The highest BCUT2D eigenvalue weighted by Crippen LogP contribution is 2.40. The molecule has 12 rings (SSSR count). The number of aryl methyl sites for hydroxylation is 1. The molecule has 0 radical (unpaired) electrons. The molecule has 0 spiro atoms. The smallest absolute Gasteiger partial charge is 0.198 e. The number of Topliss-reactive ketones (excluding diaryl/α,β-unsaturated/α-hetero) is 4. The van der Waals surface area contributed by atoms with Crippen molar-refractivity contribution < 1.29 is 23.6 Å². The Morgan fingerprint density at radius 1 is 0.641 bits per heavy atom. The second-order valence-electron chi connectivity index (χ2n) is 18.9. The predicted molar refractivity (Wildman–Crippen MR) is 259 cm³/mol. The lowest BCUT2D eigenvalue weighted by atomic mass is 9.76. The number of carbonyl (C=O) groups is 4. The molecule has 6 aliphatic heterocycles. The van der Waals surface area contributed by atoms with E-state index in [9.17, 15) is 19.2 Å². The van der Waals surface area contributed by atoms with Crippen LogP contribution in [0.3, 0.4) is 0 Å². The summed E-state index contributed by atoms with van der Waals surface area (Å²) < 4.78 is 7.35. The number of fused-ring (bicyclic) bond motifs is 8. The van der Waals surface area contributed by atoms with Gasteiger partial charge in [-0.15, -0.1) is 11.3 Å². The molecule has 6 saturated heterocycles. The second-order valence-corrected chi connectivity index (χ2v) is 20.0. The van der Waals surface area contributed by atoms with Crippen LogP contribution in [0.25, 0.3) is 43.3 Å². The van der Waals surface area contributed by atoms with Gasteiger partial charge >= 0.3 is 0 Å². The molecule has 2 aromatic heterocycles. The fourth-order valence-corrected chi connectivity index (χ4v) is 12.2. The molecule has 0 N–H and O–H groups in total. The molecule has 6 aliphatic rings. The van der Waals surface area contributed by atoms with E-state index in [1.807, 2.05) is 62.4 Å². The van der Waals surface area contributed by atoms with Crippen LogP contribution >= 0.6 is 11.3 Å². The first-order chi connectivity index (χ1) is 31.2. The van der Waals surface area contributed by atoms with Crippen LogP contribution in [0.2, 0.25) is 0 Å². The number of ketones is 4. The average molecular weight is 875 g/mol. The van der Waals surface area contributed by atoms with Crippen molar-refractivity contribution in [2.24, 2.45) is 23.7 Å². The molecule has 4 bridgehead atoms. The van der Waals surface area contributed by atoms with Crippen molar-refractivity contribution in [2.45, 2.75) is 90.9 Å². The topological polar surface area (TPSA) is 87.9 Å². The summed E-state index contributed by atoms with van der Waals surface area (Å²) in [7, 11) is 0. The first kappa shape index (κ1) is 44.2. The number of carbonyl (C=O) groups excluding carboxylic acids is 4. The molecule has 64 heavy (non-hydrogen) atoms. The zero-order chi connectivity index (χ0) is 44.2. The second kappa shape index (κ2) is 20.0. The molecule has 7 nitrogen and oxygen atoms in total. The number of rotatable bonds is 16. The minimum Gasteiger partial charge on any atom is -0.452 e. The number of hydrogen-bond acceptors (Lipinski definition) is 8. The highest BCUT2D eigenvalue weighted by Gasteiger charge is 2.37. The van der Waals surface area contributed by atoms with Crippen LogP contribution in [0.15, 0.2) is 101 Å². The molecule has 2 atom stereocenters. The van der Waals surface area contributed by atoms with Gasteiger partial charge in [0, 0.05) is 67.3 Å². The Morgan fingerprint density at radius 3 is 1.95 bits per heavy atom. The van der Waals surface area contributed by atoms with Gasteiger partial charge in [-0.3, -0.25) is 19.2 Å². The monoisotopic (exact) mass is 874 g/mol. The van der Waals surface area contributed by atoms with Crippen molar-refractivity contribution in [1.82, 2.24) is 9.80 Å². The molecule has 6 fully saturated rings. The van der Waals surface area contributed by atoms with Gasteiger partial charge < -0.3 is 14.2 Å². The zero-order valence-corrected chi connectivity index (χ0v) is 38.4. The molecule has 0 saturated carbocycles. The van der Waals surface area contributed by atoms with Crippen LogP contribution in [0, 0.1) is 23.7 Å². The fraction of sp³-hybridized carbons (Fsp3) is 0.429. The van der Waals surface area contributed by atoms with Gasteiger partial charge in [0.05, 0.1) is 4.88 Å². The van der Waals surface area contributed by atoms with E-state index in [1.165, 1.54) is 73.3 Å². The molecule has 0 unspecified atom stereocenters. The third-order valence-electron chi connectivity index (χ3n) is 14.7. The summed E-state index contributed by atoms with van der Waals surface area (Å²) in [4.78, 5) is 56.2. The van der Waals surface area contributed by atoms with Crippen molar-refractivity contribution in [2.75, 3.05) is 39.3 Å². The number of furan rings is 1. The molecular formula is C56H62N2O5S. The minimum atomic E-state index is 0.116. The molecule has 0 amide bonds. The van der Waals surface area contributed by atoms with Crippen molar-refractivity contribution in [3.05, 3.63) is 119 Å². The Labute approximate surface area is 382 Å². The van der Waals surface area contributed by atoms with E-state index < -0.39 is 0 Å². The highest BCUT2D eigenvalue weighted by molar-refractivity contribution is 7.21. The van der Waals surface area contributed by atoms with Crippen molar-refractivity contribution in [3.8, 4) is 22.3 Å². The van der Waals surface area contributed by atoms with Gasteiger partial charge in [-0.05, 0) is 134 Å². The SMILES string of the molecule is CCC(=O)CCc1ccccc1-c1cccc2cc(C(=O)C[C@H]3CN4CCC3CC4)sc12.CCCC(=O)Cc1cccc(-c2cccc3cc(C(=O)C[C@H]4CN5CCC4CC5)oc23)c1. The van der Waals surface area contributed by atoms with E-state index in [4.69, 9.17) is 4.42 Å². The predicted octanol–water partition coefficient (Wildman–Crippen LogP) is 12.3. The molecule has 8 heterocycles. The molecule has 4 aromatic carbocycles. The maximum atomic E-state index is 13.2. The van der Waals surface area contributed by atoms with E-state index in [-0.39, 0.29) is 11.6 Å². The number of benzene rings is 4. The van der Waals surface area contributed by atoms with Crippen LogP contribution in [-0.2, 0) is 22.4 Å². The zero-order valence-electron chi connectivity index (χ0n) is 37.6. The standard InChI is InChI=1S/C28H31NO3.C28H31NO2S/c1-2-5-24(30)15-19-6-3-7-21(14-19)25-9-4-8-22-17-27(32-28(22)25)26(31)16-23-18-29-12-10-20(23)11-13-29;1-2-23(30)11-10-20-6-3-4-8-24(20)25-9-5-7-21-17-27(32-28(21)25)26(31)16-22-18-29-14-12-19(22)13-15-29/h3-4,6-9,14,17,20,23H,2,5,10-13,15-16,18H2,1H3;3-9,17,19,22H,2,10-16,18H2,1H3/t23-;22-/m00/s1. The van der Waals surface area contributed by atoms with Crippen molar-refractivity contribution in [3.63, 3.8) is 0 Å². The van der Waals surface area contributed by atoms with Gasteiger partial charge in [0.2, 0.25) is 0 Å². The molecule has 8 heteroatoms. The molecule has 6 aromatic rings. The van der Waals surface area contributed by atoms with Crippen molar-refractivity contribution in [1.29, 1.82) is 0 Å². The first-order valence-electron chi connectivity index (χ1n) is 24.0. The van der Waals surface area contributed by atoms with Crippen molar-refractivity contribution >= 4 is 55.5 Å². The maximum absolute atomic E-state index is 13.2. The third-order valence-corrected chi connectivity index (χ3v) is 15.9. The number of hydrogen-bond donors (Lipinski definition) is 0. The lowest BCUT2D eigenvalue weighted by Gasteiger charge is -2.44. The van der Waals surface area contributed by atoms with Gasteiger partial charge in [0.15, 0.2) is 17.3 Å². The average Bonchev–Trinajstić information content (AvgIpc) is 3.98. The normalized spacial score (nSPS) is 22.3. The summed E-state index contributed by atoms with van der Waals surface area (Å²) in [5.41, 5.74) is 7.31. The fourth-order valence-electron chi connectivity index (χ4n) is 11.1. The summed E-state index contributed by atoms with van der Waals surface area (Å²) in [5, 5.41) is 2.09. The Hall–Kier alpha value is -5.02. The lowest BCUT2D eigenvalue weighted by molar-refractivity contribution is -0.119. The van der Waals surface area contributed by atoms with Crippen LogP contribution in [0.4, 0.5) is 0 Å². The molecular weight excluding hydrogens is 813 g/mol. The molecule has 0 aliphatic carbocycles. The third kappa shape index (κ3) is 9.95. The summed E-state index contributed by atoms with van der Waals surface area (Å²) in [6.45, 7) is 10.9. The Kier molecular flexibility index (Phi) is 13.8. The van der Waals surface area contributed by atoms with E-state index in [0.29, 0.717) is 73.6 Å². The van der Waals surface area contributed by atoms with Crippen LogP contribution in [0.5, 0.6) is 0 Å².